The summed E-state index contributed by atoms with van der Waals surface area (Å²) in [4.78, 5) is 8.99. The molecule has 6 heteroatoms. The lowest BCUT2D eigenvalue weighted by atomic mass is 10.0. The van der Waals surface area contributed by atoms with Gasteiger partial charge in [0.15, 0.2) is 0 Å². The first kappa shape index (κ1) is 22.4. The van der Waals surface area contributed by atoms with Gasteiger partial charge in [0, 0.05) is 24.8 Å². The second-order valence-corrected chi connectivity index (χ2v) is 8.21. The van der Waals surface area contributed by atoms with Crippen molar-refractivity contribution in [3.05, 3.63) is 89.5 Å². The average molecular weight is 441 g/mol. The Hall–Kier alpha value is -3.77. The maximum Gasteiger partial charge on any atom is 0.241 e. The molecular formula is C27H28N4O2. The first-order chi connectivity index (χ1) is 15.9. The smallest absolute Gasteiger partial charge is 0.241 e. The van der Waals surface area contributed by atoms with Gasteiger partial charge in [-0.2, -0.15) is 0 Å². The second kappa shape index (κ2) is 9.79. The summed E-state index contributed by atoms with van der Waals surface area (Å²) in [6.45, 7) is 6.51. The predicted octanol–water partition coefficient (Wildman–Crippen LogP) is 5.26. The first-order valence-corrected chi connectivity index (χ1v) is 10.9. The van der Waals surface area contributed by atoms with Crippen molar-refractivity contribution >= 4 is 16.5 Å². The molecule has 0 saturated heterocycles. The van der Waals surface area contributed by atoms with E-state index < -0.39 is 0 Å². The molecule has 0 unspecified atom stereocenters. The first-order valence-electron chi connectivity index (χ1n) is 10.9. The van der Waals surface area contributed by atoms with Crippen molar-refractivity contribution in [1.82, 2.24) is 19.7 Å². The van der Waals surface area contributed by atoms with Crippen molar-refractivity contribution in [1.29, 1.82) is 0 Å². The zero-order chi connectivity index (χ0) is 23.4. The quantitative estimate of drug-likeness (QED) is 0.397. The molecule has 0 aliphatic heterocycles. The number of fused-ring (bicyclic) bond motifs is 1. The number of pyridine rings is 2. The van der Waals surface area contributed by atoms with Crippen molar-refractivity contribution in [2.75, 3.05) is 6.61 Å². The highest BCUT2D eigenvalue weighted by atomic mass is 16.5. The second-order valence-electron chi connectivity index (χ2n) is 8.21. The Labute approximate surface area is 193 Å². The van der Waals surface area contributed by atoms with E-state index in [1.54, 1.807) is 10.9 Å². The molecule has 0 atom stereocenters. The van der Waals surface area contributed by atoms with Crippen LogP contribution in [0.5, 0.6) is 5.88 Å². The van der Waals surface area contributed by atoms with Gasteiger partial charge in [-0.25, -0.2) is 4.98 Å². The molecule has 0 bridgehead atoms. The summed E-state index contributed by atoms with van der Waals surface area (Å²) >= 11 is 0. The van der Waals surface area contributed by atoms with Crippen LogP contribution in [0.4, 0.5) is 0 Å². The molecule has 6 nitrogen and oxygen atoms in total. The lowest BCUT2D eigenvalue weighted by Gasteiger charge is -2.08. The van der Waals surface area contributed by atoms with E-state index in [2.05, 4.69) is 48.2 Å². The molecule has 0 fully saturated rings. The largest absolute Gasteiger partial charge is 0.472 e. The summed E-state index contributed by atoms with van der Waals surface area (Å²) in [7, 11) is 1.86. The minimum atomic E-state index is -0.108. The topological polar surface area (TPSA) is 73.1 Å². The number of aryl methyl sites for hydroxylation is 2. The SMILES string of the molecule is C/C(=C\C=C(/C)c1nc2ccccc2cc1C)COc1nn(C)cc1-c1ccnc(CO)c1. The van der Waals surface area contributed by atoms with Crippen LogP contribution in [0.2, 0.25) is 0 Å². The minimum Gasteiger partial charge on any atom is -0.472 e. The minimum absolute atomic E-state index is 0.108. The van der Waals surface area contributed by atoms with Crippen molar-refractivity contribution < 1.29 is 9.84 Å². The number of aliphatic hydroxyl groups excluding tert-OH is 1. The maximum absolute atomic E-state index is 9.38. The Kier molecular flexibility index (Phi) is 6.66. The number of allylic oxidation sites excluding steroid dienone is 3. The highest BCUT2D eigenvalue weighted by Gasteiger charge is 2.12. The highest BCUT2D eigenvalue weighted by molar-refractivity contribution is 5.82. The number of benzene rings is 1. The summed E-state index contributed by atoms with van der Waals surface area (Å²) in [5.41, 5.74) is 7.71. The van der Waals surface area contributed by atoms with E-state index in [0.717, 1.165) is 44.4 Å². The number of ether oxygens (including phenoxy) is 1. The zero-order valence-electron chi connectivity index (χ0n) is 19.4. The van der Waals surface area contributed by atoms with Crippen LogP contribution in [0.3, 0.4) is 0 Å². The molecule has 1 N–H and O–H groups in total. The van der Waals surface area contributed by atoms with Crippen molar-refractivity contribution in [2.45, 2.75) is 27.4 Å². The molecular weight excluding hydrogens is 412 g/mol. The van der Waals surface area contributed by atoms with Gasteiger partial charge < -0.3 is 9.84 Å². The molecule has 0 radical (unpaired) electrons. The van der Waals surface area contributed by atoms with Gasteiger partial charge in [0.25, 0.3) is 0 Å². The third kappa shape index (κ3) is 5.18. The van der Waals surface area contributed by atoms with Gasteiger partial charge in [-0.3, -0.25) is 9.67 Å². The summed E-state index contributed by atoms with van der Waals surface area (Å²) in [5.74, 6) is 0.549. The molecule has 4 aromatic rings. The number of hydrogen-bond donors (Lipinski definition) is 1. The van der Waals surface area contributed by atoms with E-state index in [9.17, 15) is 5.11 Å². The van der Waals surface area contributed by atoms with Gasteiger partial charge in [-0.15, -0.1) is 5.10 Å². The Morgan fingerprint density at radius 3 is 2.76 bits per heavy atom. The molecule has 0 aliphatic carbocycles. The highest BCUT2D eigenvalue weighted by Crippen LogP contribution is 2.29. The van der Waals surface area contributed by atoms with Gasteiger partial charge in [-0.1, -0.05) is 30.4 Å². The normalized spacial score (nSPS) is 12.4. The van der Waals surface area contributed by atoms with Crippen LogP contribution < -0.4 is 4.74 Å². The van der Waals surface area contributed by atoms with E-state index in [-0.39, 0.29) is 6.61 Å². The monoisotopic (exact) mass is 440 g/mol. The fourth-order valence-electron chi connectivity index (χ4n) is 3.70. The molecule has 0 amide bonds. The third-order valence-electron chi connectivity index (χ3n) is 5.43. The predicted molar refractivity (Wildman–Crippen MR) is 132 cm³/mol. The van der Waals surface area contributed by atoms with Crippen LogP contribution in [0.15, 0.2) is 72.6 Å². The lowest BCUT2D eigenvalue weighted by molar-refractivity contribution is 0.277. The third-order valence-corrected chi connectivity index (χ3v) is 5.43. The van der Waals surface area contributed by atoms with Crippen LogP contribution in [-0.2, 0) is 13.7 Å². The Balaban J connectivity index is 1.50. The molecule has 168 valence electrons. The molecule has 33 heavy (non-hydrogen) atoms. The number of hydrogen-bond acceptors (Lipinski definition) is 5. The molecule has 0 aliphatic rings. The summed E-state index contributed by atoms with van der Waals surface area (Å²) in [6, 6.07) is 14.1. The standard InChI is InChI=1S/C27H28N4O2/c1-18(9-10-19(2)26-20(3)13-22-7-5-6-8-25(22)29-26)17-33-27-24(15-31(4)30-27)21-11-12-28-23(14-21)16-32/h5-15,32H,16-17H2,1-4H3/b18-9+,19-10+. The van der Waals surface area contributed by atoms with E-state index in [1.807, 2.05) is 50.5 Å². The molecule has 1 aromatic carbocycles. The molecule has 0 spiro atoms. The van der Waals surface area contributed by atoms with E-state index in [1.165, 1.54) is 0 Å². The van der Waals surface area contributed by atoms with Crippen molar-refractivity contribution in [2.24, 2.45) is 7.05 Å². The Morgan fingerprint density at radius 2 is 1.94 bits per heavy atom. The Morgan fingerprint density at radius 1 is 1.12 bits per heavy atom. The van der Waals surface area contributed by atoms with Gasteiger partial charge >= 0.3 is 0 Å². The molecule has 3 heterocycles. The fourth-order valence-corrected chi connectivity index (χ4v) is 3.70. The number of aliphatic hydroxyl groups is 1. The van der Waals surface area contributed by atoms with Crippen molar-refractivity contribution in [3.8, 4) is 17.0 Å². The Bertz CT molecular complexity index is 1350. The maximum atomic E-state index is 9.38. The van der Waals surface area contributed by atoms with Crippen molar-refractivity contribution in [3.63, 3.8) is 0 Å². The number of aromatic nitrogens is 4. The van der Waals surface area contributed by atoms with Gasteiger partial charge in [0.05, 0.1) is 29.1 Å². The van der Waals surface area contributed by atoms with Gasteiger partial charge in [0.2, 0.25) is 5.88 Å². The average Bonchev–Trinajstić information content (AvgIpc) is 3.21. The molecule has 4 rings (SSSR count). The van der Waals surface area contributed by atoms with E-state index in [4.69, 9.17) is 9.72 Å². The summed E-state index contributed by atoms with van der Waals surface area (Å²) in [5, 5.41) is 15.0. The fraction of sp³-hybridized carbons (Fsp3) is 0.222. The van der Waals surface area contributed by atoms with E-state index in [0.29, 0.717) is 18.2 Å². The summed E-state index contributed by atoms with van der Waals surface area (Å²) < 4.78 is 7.76. The molecule has 3 aromatic heterocycles. The van der Waals surface area contributed by atoms with Crippen LogP contribution in [0, 0.1) is 6.92 Å². The van der Waals surface area contributed by atoms with Crippen LogP contribution in [0.25, 0.3) is 27.6 Å². The lowest BCUT2D eigenvalue weighted by Crippen LogP contribution is -2.01. The van der Waals surface area contributed by atoms with Gasteiger partial charge in [0.1, 0.15) is 6.61 Å². The van der Waals surface area contributed by atoms with Crippen LogP contribution in [-0.4, -0.2) is 31.5 Å². The number of rotatable bonds is 7. The van der Waals surface area contributed by atoms with E-state index >= 15 is 0 Å². The number of para-hydroxylation sites is 1. The van der Waals surface area contributed by atoms with Gasteiger partial charge in [-0.05, 0) is 67.3 Å². The number of nitrogens with zero attached hydrogens (tertiary/aromatic N) is 4. The van der Waals surface area contributed by atoms with Crippen LogP contribution >= 0.6 is 0 Å². The summed E-state index contributed by atoms with van der Waals surface area (Å²) in [6.07, 6.45) is 7.73. The molecule has 0 saturated carbocycles. The zero-order valence-corrected chi connectivity index (χ0v) is 19.4. The van der Waals surface area contributed by atoms with Crippen LogP contribution in [0.1, 0.15) is 30.8 Å².